The molecule has 7 heteroatoms. The Hall–Kier alpha value is -3.22. The second-order valence-corrected chi connectivity index (χ2v) is 4.85. The summed E-state index contributed by atoms with van der Waals surface area (Å²) < 4.78 is 18.0. The molecular weight excluding hydrogens is 303 g/mol. The summed E-state index contributed by atoms with van der Waals surface area (Å²) in [5.41, 5.74) is 0.921. The molecule has 1 heterocycles. The highest BCUT2D eigenvalue weighted by molar-refractivity contribution is 5.94. The number of esters is 1. The van der Waals surface area contributed by atoms with E-state index in [1.54, 1.807) is 24.3 Å². The van der Waals surface area contributed by atoms with Crippen LogP contribution in [0, 0.1) is 15.9 Å². The van der Waals surface area contributed by atoms with Crippen LogP contribution in [0.5, 0.6) is 0 Å². The number of ether oxygens (including phenoxy) is 1. The van der Waals surface area contributed by atoms with Gasteiger partial charge in [0, 0.05) is 11.3 Å². The zero-order valence-electron chi connectivity index (χ0n) is 11.7. The zero-order valence-corrected chi connectivity index (χ0v) is 11.7. The van der Waals surface area contributed by atoms with Gasteiger partial charge in [0.05, 0.1) is 16.7 Å². The average molecular weight is 314 g/mol. The lowest BCUT2D eigenvalue weighted by Gasteiger charge is -2.08. The molecule has 23 heavy (non-hydrogen) atoms. The summed E-state index contributed by atoms with van der Waals surface area (Å²) in [5.74, 6) is -1.01. The molecule has 0 radical (unpaired) electrons. The van der Waals surface area contributed by atoms with Gasteiger partial charge in [0.1, 0.15) is 5.82 Å². The molecule has 0 saturated carbocycles. The van der Waals surface area contributed by atoms with Gasteiger partial charge >= 0.3 is 11.7 Å². The minimum atomic E-state index is -1.08. The Bertz CT molecular complexity index is 802. The Kier molecular flexibility index (Phi) is 3.76. The highest BCUT2D eigenvalue weighted by Gasteiger charge is 2.39. The van der Waals surface area contributed by atoms with Crippen LogP contribution in [0.3, 0.4) is 0 Å². The van der Waals surface area contributed by atoms with E-state index >= 15 is 0 Å². The fourth-order valence-corrected chi connectivity index (χ4v) is 2.29. The number of cyclic esters (lactones) is 1. The molecule has 0 amide bonds. The summed E-state index contributed by atoms with van der Waals surface area (Å²) in [6.07, 6.45) is 0.0643. The number of nitrogens with zero attached hydrogens (tertiary/aromatic N) is 1. The number of fused-ring (bicyclic) bond motifs is 1. The summed E-state index contributed by atoms with van der Waals surface area (Å²) in [6, 6.07) is 11.9. The highest BCUT2D eigenvalue weighted by Crippen LogP contribution is 2.35. The number of rotatable bonds is 4. The predicted octanol–water partition coefficient (Wildman–Crippen LogP) is 3.27. The summed E-state index contributed by atoms with van der Waals surface area (Å²) in [6.45, 7) is 0. The third-order valence-electron chi connectivity index (χ3n) is 3.40. The summed E-state index contributed by atoms with van der Waals surface area (Å²) in [5, 5.41) is 14.0. The molecule has 1 N–H and O–H groups in total. The van der Waals surface area contributed by atoms with Crippen molar-refractivity contribution in [3.63, 3.8) is 0 Å². The molecule has 0 aromatic heterocycles. The second kappa shape index (κ2) is 5.88. The maximum absolute atomic E-state index is 12.9. The van der Waals surface area contributed by atoms with Crippen LogP contribution in [0.4, 0.5) is 10.1 Å². The van der Waals surface area contributed by atoms with Crippen LogP contribution in [0.25, 0.3) is 0 Å². The van der Waals surface area contributed by atoms with Crippen LogP contribution in [0.15, 0.2) is 60.4 Å². The lowest BCUT2D eigenvalue weighted by molar-refractivity contribution is -0.436. The summed E-state index contributed by atoms with van der Waals surface area (Å²) >= 11 is 0. The van der Waals surface area contributed by atoms with Gasteiger partial charge in [-0.05, 0) is 30.3 Å². The largest absolute Gasteiger partial charge is 0.442 e. The first-order valence-electron chi connectivity index (χ1n) is 6.73. The minimum absolute atomic E-state index is 0.312. The molecule has 0 aliphatic carbocycles. The third kappa shape index (κ3) is 2.89. The molecule has 0 fully saturated rings. The second-order valence-electron chi connectivity index (χ2n) is 4.85. The number of hydrogen-bond donors (Lipinski definition) is 1. The van der Waals surface area contributed by atoms with Gasteiger partial charge in [-0.15, -0.1) is 0 Å². The van der Waals surface area contributed by atoms with E-state index in [9.17, 15) is 19.3 Å². The molecule has 3 rings (SSSR count). The number of carbonyl (C=O) groups excluding carboxylic acids is 1. The van der Waals surface area contributed by atoms with Gasteiger partial charge in [0.25, 0.3) is 0 Å². The Morgan fingerprint density at radius 1 is 1.22 bits per heavy atom. The lowest BCUT2D eigenvalue weighted by atomic mass is 10.0. The van der Waals surface area contributed by atoms with E-state index < -0.39 is 22.8 Å². The molecule has 0 unspecified atom stereocenters. The number of nitro groups is 1. The van der Waals surface area contributed by atoms with Crippen molar-refractivity contribution < 1.29 is 18.8 Å². The predicted molar refractivity (Wildman–Crippen MR) is 79.7 cm³/mol. The number of carbonyl (C=O) groups is 1. The lowest BCUT2D eigenvalue weighted by Crippen LogP contribution is -2.12. The highest BCUT2D eigenvalue weighted by atomic mass is 19.1. The number of anilines is 1. The Morgan fingerprint density at radius 2 is 1.91 bits per heavy atom. The number of nitrogens with one attached hydrogen (secondary N) is 1. The van der Waals surface area contributed by atoms with E-state index in [1.165, 1.54) is 24.3 Å². The van der Waals surface area contributed by atoms with E-state index in [1.807, 2.05) is 0 Å². The molecule has 2 aromatic rings. The van der Waals surface area contributed by atoms with E-state index in [4.69, 9.17) is 4.74 Å². The molecule has 0 saturated heterocycles. The van der Waals surface area contributed by atoms with Gasteiger partial charge in [-0.3, -0.25) is 10.1 Å². The van der Waals surface area contributed by atoms with Crippen molar-refractivity contribution in [3.8, 4) is 0 Å². The fraction of sp³-hybridized carbons (Fsp3) is 0.0625. The van der Waals surface area contributed by atoms with Gasteiger partial charge in [-0.1, -0.05) is 18.2 Å². The average Bonchev–Trinajstić information content (AvgIpc) is 2.87. The molecule has 0 bridgehead atoms. The monoisotopic (exact) mass is 314 g/mol. The number of hydrogen-bond acceptors (Lipinski definition) is 5. The zero-order chi connectivity index (χ0) is 16.4. The van der Waals surface area contributed by atoms with Crippen LogP contribution in [-0.2, 0) is 4.74 Å². The first-order valence-corrected chi connectivity index (χ1v) is 6.73. The van der Waals surface area contributed by atoms with E-state index in [-0.39, 0.29) is 5.70 Å². The van der Waals surface area contributed by atoms with Crippen LogP contribution in [0.1, 0.15) is 22.0 Å². The van der Waals surface area contributed by atoms with Crippen molar-refractivity contribution in [3.05, 3.63) is 87.5 Å². The van der Waals surface area contributed by atoms with Crippen molar-refractivity contribution in [2.24, 2.45) is 0 Å². The van der Waals surface area contributed by atoms with Crippen molar-refractivity contribution in [2.45, 2.75) is 6.10 Å². The maximum Gasteiger partial charge on any atom is 0.339 e. The van der Waals surface area contributed by atoms with Gasteiger partial charge in [-0.2, -0.15) is 0 Å². The normalized spacial score (nSPS) is 16.7. The van der Waals surface area contributed by atoms with Crippen LogP contribution < -0.4 is 5.32 Å². The molecule has 0 spiro atoms. The van der Waals surface area contributed by atoms with Gasteiger partial charge in [-0.25, -0.2) is 9.18 Å². The Morgan fingerprint density at radius 3 is 2.61 bits per heavy atom. The topological polar surface area (TPSA) is 81.5 Å². The Balaban J connectivity index is 1.91. The Labute approximate surface area is 130 Å². The number of halogens is 1. The fourth-order valence-electron chi connectivity index (χ4n) is 2.29. The molecule has 6 nitrogen and oxygen atoms in total. The van der Waals surface area contributed by atoms with E-state index in [2.05, 4.69) is 5.32 Å². The van der Waals surface area contributed by atoms with Crippen molar-refractivity contribution in [1.82, 2.24) is 0 Å². The van der Waals surface area contributed by atoms with Gasteiger partial charge in [0.15, 0.2) is 0 Å². The first-order chi connectivity index (χ1) is 11.1. The third-order valence-corrected chi connectivity index (χ3v) is 3.40. The van der Waals surface area contributed by atoms with Crippen LogP contribution in [-0.4, -0.2) is 10.9 Å². The van der Waals surface area contributed by atoms with E-state index in [0.29, 0.717) is 16.8 Å². The van der Waals surface area contributed by atoms with Crippen LogP contribution in [0.2, 0.25) is 0 Å². The molecule has 1 aliphatic rings. The smallest absolute Gasteiger partial charge is 0.339 e. The van der Waals surface area contributed by atoms with Crippen LogP contribution >= 0.6 is 0 Å². The molecule has 116 valence electrons. The maximum atomic E-state index is 12.9. The number of benzene rings is 2. The van der Waals surface area contributed by atoms with Gasteiger partial charge in [0.2, 0.25) is 6.10 Å². The minimum Gasteiger partial charge on any atom is -0.442 e. The molecule has 1 atom stereocenters. The van der Waals surface area contributed by atoms with Crippen molar-refractivity contribution in [1.29, 1.82) is 0 Å². The van der Waals surface area contributed by atoms with Crippen molar-refractivity contribution >= 4 is 11.7 Å². The quantitative estimate of drug-likeness (QED) is 0.532. The SMILES string of the molecule is O=C1O[C@@H](/C(=C/Nc2ccc(F)cc2)[N+](=O)[O-])c2ccccc21. The summed E-state index contributed by atoms with van der Waals surface area (Å²) in [7, 11) is 0. The molecule has 2 aromatic carbocycles. The standard InChI is InChI=1S/C16H11FN2O4/c17-10-5-7-11(8-6-10)18-9-14(19(21)22)15-12-3-1-2-4-13(12)16(20)23-15/h1-9,15,18H/b14-9-/t15-/m1/s1. The van der Waals surface area contributed by atoms with Gasteiger partial charge < -0.3 is 10.1 Å². The molecular formula is C16H11FN2O4. The van der Waals surface area contributed by atoms with Crippen molar-refractivity contribution in [2.75, 3.05) is 5.32 Å². The first kappa shape index (κ1) is 14.7. The molecule has 1 aliphatic heterocycles. The van der Waals surface area contributed by atoms with E-state index in [0.717, 1.165) is 6.20 Å². The summed E-state index contributed by atoms with van der Waals surface area (Å²) in [4.78, 5) is 22.5.